The maximum atomic E-state index is 13.9. The molecule has 1 aliphatic heterocycles. The van der Waals surface area contributed by atoms with Crippen molar-refractivity contribution in [1.29, 1.82) is 0 Å². The Labute approximate surface area is 106 Å². The van der Waals surface area contributed by atoms with E-state index in [4.69, 9.17) is 16.3 Å². The molecule has 0 bridgehead atoms. The molecular formula is C13H17ClFNO. The van der Waals surface area contributed by atoms with E-state index >= 15 is 0 Å². The van der Waals surface area contributed by atoms with E-state index in [0.29, 0.717) is 11.6 Å². The van der Waals surface area contributed by atoms with Gasteiger partial charge in [0.2, 0.25) is 0 Å². The van der Waals surface area contributed by atoms with E-state index in [2.05, 4.69) is 0 Å². The molecule has 2 rings (SSSR count). The Bertz CT molecular complexity index is 399. The summed E-state index contributed by atoms with van der Waals surface area (Å²) in [4.78, 5) is 1.96. The molecule has 0 amide bonds. The second-order valence-electron chi connectivity index (χ2n) is 4.46. The molecule has 0 aliphatic carbocycles. The van der Waals surface area contributed by atoms with Crippen molar-refractivity contribution in [3.63, 3.8) is 0 Å². The third-order valence-corrected chi connectivity index (χ3v) is 3.69. The normalized spacial score (nSPS) is 24.0. The molecule has 0 N–H and O–H groups in total. The van der Waals surface area contributed by atoms with Crippen molar-refractivity contribution in [3.05, 3.63) is 29.6 Å². The molecule has 0 saturated carbocycles. The Morgan fingerprint density at radius 2 is 2.29 bits per heavy atom. The third kappa shape index (κ3) is 2.55. The van der Waals surface area contributed by atoms with Crippen molar-refractivity contribution < 1.29 is 9.13 Å². The molecule has 1 heterocycles. The van der Waals surface area contributed by atoms with E-state index in [9.17, 15) is 4.39 Å². The summed E-state index contributed by atoms with van der Waals surface area (Å²) in [5, 5.41) is 0. The van der Waals surface area contributed by atoms with E-state index in [1.807, 2.05) is 24.9 Å². The van der Waals surface area contributed by atoms with Crippen LogP contribution in [0.3, 0.4) is 0 Å². The highest BCUT2D eigenvalue weighted by Crippen LogP contribution is 2.27. The zero-order valence-electron chi connectivity index (χ0n) is 10.1. The van der Waals surface area contributed by atoms with Crippen molar-refractivity contribution in [2.75, 3.05) is 18.6 Å². The molecule has 94 valence electrons. The van der Waals surface area contributed by atoms with Crippen molar-refractivity contribution in [2.45, 2.75) is 31.4 Å². The molecule has 0 spiro atoms. The smallest absolute Gasteiger partial charge is 0.146 e. The van der Waals surface area contributed by atoms with Gasteiger partial charge in [0.25, 0.3) is 0 Å². The number of halogens is 2. The molecule has 17 heavy (non-hydrogen) atoms. The lowest BCUT2D eigenvalue weighted by Crippen LogP contribution is -2.37. The fourth-order valence-corrected chi connectivity index (χ4v) is 2.49. The second kappa shape index (κ2) is 5.23. The summed E-state index contributed by atoms with van der Waals surface area (Å²) in [6, 6.07) is 5.39. The summed E-state index contributed by atoms with van der Waals surface area (Å²) >= 11 is 5.68. The number of hydrogen-bond donors (Lipinski definition) is 0. The van der Waals surface area contributed by atoms with Gasteiger partial charge in [0.15, 0.2) is 0 Å². The Morgan fingerprint density at radius 3 is 2.82 bits per heavy atom. The van der Waals surface area contributed by atoms with Gasteiger partial charge in [0.05, 0.1) is 17.8 Å². The van der Waals surface area contributed by atoms with Crippen molar-refractivity contribution in [3.8, 4) is 0 Å². The lowest BCUT2D eigenvalue weighted by molar-refractivity contribution is 0.118. The average Bonchev–Trinajstić information content (AvgIpc) is 2.74. The Kier molecular flexibility index (Phi) is 3.89. The highest BCUT2D eigenvalue weighted by atomic mass is 35.5. The van der Waals surface area contributed by atoms with Gasteiger partial charge in [-0.2, -0.15) is 0 Å². The van der Waals surface area contributed by atoms with Crippen LogP contribution < -0.4 is 4.90 Å². The number of ether oxygens (including phenoxy) is 1. The minimum absolute atomic E-state index is 0.145. The lowest BCUT2D eigenvalue weighted by Gasteiger charge is -2.29. The molecule has 2 unspecified atom stereocenters. The molecule has 2 nitrogen and oxygen atoms in total. The predicted molar refractivity (Wildman–Crippen MR) is 68.2 cm³/mol. The quantitative estimate of drug-likeness (QED) is 0.772. The van der Waals surface area contributed by atoms with Gasteiger partial charge in [-0.15, -0.1) is 11.6 Å². The van der Waals surface area contributed by atoms with Crippen LogP contribution >= 0.6 is 11.6 Å². The van der Waals surface area contributed by atoms with Crippen molar-refractivity contribution in [2.24, 2.45) is 0 Å². The number of hydrogen-bond acceptors (Lipinski definition) is 2. The van der Waals surface area contributed by atoms with Gasteiger partial charge in [-0.05, 0) is 31.0 Å². The van der Waals surface area contributed by atoms with Crippen molar-refractivity contribution in [1.82, 2.24) is 0 Å². The highest BCUT2D eigenvalue weighted by Gasteiger charge is 2.29. The first kappa shape index (κ1) is 12.7. The van der Waals surface area contributed by atoms with Gasteiger partial charge in [-0.1, -0.05) is 6.07 Å². The molecule has 1 aromatic carbocycles. The predicted octanol–water partition coefficient (Wildman–Crippen LogP) is 3.18. The van der Waals surface area contributed by atoms with Crippen LogP contribution in [0.2, 0.25) is 0 Å². The minimum Gasteiger partial charge on any atom is -0.376 e. The Morgan fingerprint density at radius 1 is 1.53 bits per heavy atom. The fourth-order valence-electron chi connectivity index (χ4n) is 2.33. The number of rotatable bonds is 3. The van der Waals surface area contributed by atoms with Gasteiger partial charge in [-0.25, -0.2) is 4.39 Å². The van der Waals surface area contributed by atoms with Crippen LogP contribution in [0.5, 0.6) is 0 Å². The SMILES string of the molecule is CC1OCCC1N(C)c1ccc(CCl)cc1F. The van der Waals surface area contributed by atoms with E-state index in [-0.39, 0.29) is 18.0 Å². The second-order valence-corrected chi connectivity index (χ2v) is 4.73. The van der Waals surface area contributed by atoms with E-state index in [0.717, 1.165) is 18.6 Å². The van der Waals surface area contributed by atoms with Gasteiger partial charge >= 0.3 is 0 Å². The van der Waals surface area contributed by atoms with E-state index < -0.39 is 0 Å². The zero-order valence-corrected chi connectivity index (χ0v) is 10.9. The van der Waals surface area contributed by atoms with Crippen LogP contribution in [0.25, 0.3) is 0 Å². The number of benzene rings is 1. The maximum Gasteiger partial charge on any atom is 0.146 e. The zero-order chi connectivity index (χ0) is 12.4. The average molecular weight is 258 g/mol. The molecular weight excluding hydrogens is 241 g/mol. The van der Waals surface area contributed by atoms with Gasteiger partial charge in [0.1, 0.15) is 5.82 Å². The fraction of sp³-hybridized carbons (Fsp3) is 0.538. The molecule has 0 radical (unpaired) electrons. The molecule has 1 fully saturated rings. The summed E-state index contributed by atoms with van der Waals surface area (Å²) in [6.45, 7) is 2.77. The maximum absolute atomic E-state index is 13.9. The first-order valence-electron chi connectivity index (χ1n) is 5.82. The van der Waals surface area contributed by atoms with Crippen LogP contribution in [0.4, 0.5) is 10.1 Å². The molecule has 0 aromatic heterocycles. The molecule has 4 heteroatoms. The molecule has 1 saturated heterocycles. The van der Waals surface area contributed by atoms with Gasteiger partial charge in [0, 0.05) is 19.5 Å². The van der Waals surface area contributed by atoms with Gasteiger partial charge < -0.3 is 9.64 Å². The highest BCUT2D eigenvalue weighted by molar-refractivity contribution is 6.17. The molecule has 1 aromatic rings. The van der Waals surface area contributed by atoms with Crippen LogP contribution in [-0.2, 0) is 10.6 Å². The summed E-state index contributed by atoms with van der Waals surface area (Å²) in [7, 11) is 1.91. The minimum atomic E-state index is -0.218. The first-order chi connectivity index (χ1) is 8.13. The summed E-state index contributed by atoms with van der Waals surface area (Å²) in [5.41, 5.74) is 1.42. The van der Waals surface area contributed by atoms with E-state index in [1.165, 1.54) is 6.07 Å². The van der Waals surface area contributed by atoms with Crippen LogP contribution in [0.15, 0.2) is 18.2 Å². The number of anilines is 1. The van der Waals surface area contributed by atoms with Crippen molar-refractivity contribution >= 4 is 17.3 Å². The largest absolute Gasteiger partial charge is 0.376 e. The summed E-state index contributed by atoms with van der Waals surface area (Å²) < 4.78 is 19.4. The standard InChI is InChI=1S/C13H17ClFNO/c1-9-12(5-6-17-9)16(2)13-4-3-10(8-14)7-11(13)15/h3-4,7,9,12H,5-6,8H2,1-2H3. The van der Waals surface area contributed by atoms with E-state index in [1.54, 1.807) is 6.07 Å². The van der Waals surface area contributed by atoms with Crippen LogP contribution in [-0.4, -0.2) is 25.8 Å². The van der Waals surface area contributed by atoms with Gasteiger partial charge in [-0.3, -0.25) is 0 Å². The Hall–Kier alpha value is -0.800. The Balaban J connectivity index is 2.21. The topological polar surface area (TPSA) is 12.5 Å². The monoisotopic (exact) mass is 257 g/mol. The third-order valence-electron chi connectivity index (χ3n) is 3.38. The number of alkyl halides is 1. The lowest BCUT2D eigenvalue weighted by atomic mass is 10.1. The summed E-state index contributed by atoms with van der Waals surface area (Å²) in [6.07, 6.45) is 1.08. The van der Waals surface area contributed by atoms with Crippen LogP contribution in [0.1, 0.15) is 18.9 Å². The summed E-state index contributed by atoms with van der Waals surface area (Å²) in [5.74, 6) is 0.119. The van der Waals surface area contributed by atoms with Crippen LogP contribution in [0, 0.1) is 5.82 Å². The number of nitrogens with zero attached hydrogens (tertiary/aromatic N) is 1. The number of likely N-dealkylation sites (N-methyl/N-ethyl adjacent to an activating group) is 1. The first-order valence-corrected chi connectivity index (χ1v) is 6.35. The molecule has 2 atom stereocenters. The molecule has 1 aliphatic rings.